The molecule has 32 heavy (non-hydrogen) atoms. The molecule has 1 fully saturated rings. The zero-order valence-corrected chi connectivity index (χ0v) is 18.7. The molecule has 2 heterocycles. The maximum absolute atomic E-state index is 13.0. The molecule has 1 unspecified atom stereocenters. The molecule has 4 nitrogen and oxygen atoms in total. The summed E-state index contributed by atoms with van der Waals surface area (Å²) in [6, 6.07) is 23.8. The molecular weight excluding hydrogens is 418 g/mol. The molecule has 5 heteroatoms. The van der Waals surface area contributed by atoms with Gasteiger partial charge in [0.25, 0.3) is 0 Å². The number of carbonyl (C=O) groups excluding carboxylic acids is 1. The summed E-state index contributed by atoms with van der Waals surface area (Å²) in [6.45, 7) is 3.33. The molecule has 0 radical (unpaired) electrons. The van der Waals surface area contributed by atoms with Crippen LogP contribution in [0.1, 0.15) is 41.9 Å². The second kappa shape index (κ2) is 9.27. The monoisotopic (exact) mass is 443 g/mol. The van der Waals surface area contributed by atoms with Crippen LogP contribution in [0.5, 0.6) is 0 Å². The molecule has 1 saturated heterocycles. The van der Waals surface area contributed by atoms with Crippen molar-refractivity contribution in [2.24, 2.45) is 4.99 Å². The summed E-state index contributed by atoms with van der Waals surface area (Å²) in [5.74, 6) is -0.578. The van der Waals surface area contributed by atoms with E-state index in [0.717, 1.165) is 34.8 Å². The number of benzene rings is 3. The Morgan fingerprint density at radius 3 is 2.47 bits per heavy atom. The summed E-state index contributed by atoms with van der Waals surface area (Å²) < 4.78 is 0. The van der Waals surface area contributed by atoms with Crippen molar-refractivity contribution in [3.05, 3.63) is 94.5 Å². The molecular formula is C27H26ClN3O. The molecule has 1 N–H and O–H groups in total. The van der Waals surface area contributed by atoms with E-state index < -0.39 is 5.92 Å². The standard InChI is InChI=1S/C27H26ClN3O/c28-21-11-14-24-23(17-21)25(27(32)30-24)26(20-7-3-1-4-8-20)29-22-12-9-19(10-13-22)18-31-15-5-2-6-16-31/h1,3-4,7-14,17,25H,2,5-6,15-16,18H2,(H,30,32). The summed E-state index contributed by atoms with van der Waals surface area (Å²) in [6.07, 6.45) is 3.92. The molecule has 3 aromatic carbocycles. The summed E-state index contributed by atoms with van der Waals surface area (Å²) in [5, 5.41) is 3.59. The van der Waals surface area contributed by atoms with Crippen molar-refractivity contribution >= 4 is 34.6 Å². The molecule has 5 rings (SSSR count). The molecule has 2 aliphatic rings. The van der Waals surface area contributed by atoms with Crippen molar-refractivity contribution in [2.75, 3.05) is 18.4 Å². The largest absolute Gasteiger partial charge is 0.325 e. The van der Waals surface area contributed by atoms with Crippen molar-refractivity contribution in [3.8, 4) is 0 Å². The number of nitrogens with one attached hydrogen (secondary N) is 1. The van der Waals surface area contributed by atoms with Gasteiger partial charge in [-0.15, -0.1) is 0 Å². The zero-order valence-electron chi connectivity index (χ0n) is 17.9. The Morgan fingerprint density at radius 1 is 0.969 bits per heavy atom. The lowest BCUT2D eigenvalue weighted by atomic mass is 9.90. The minimum atomic E-state index is -0.501. The van der Waals surface area contributed by atoms with E-state index >= 15 is 0 Å². The highest BCUT2D eigenvalue weighted by atomic mass is 35.5. The average molecular weight is 444 g/mol. The van der Waals surface area contributed by atoms with E-state index in [1.54, 1.807) is 6.07 Å². The van der Waals surface area contributed by atoms with E-state index in [0.29, 0.717) is 5.02 Å². The minimum absolute atomic E-state index is 0.0772. The van der Waals surface area contributed by atoms with Gasteiger partial charge in [-0.1, -0.05) is 60.5 Å². The Labute approximate surface area is 193 Å². The van der Waals surface area contributed by atoms with Gasteiger partial charge >= 0.3 is 0 Å². The third-order valence-corrected chi connectivity index (χ3v) is 6.46. The molecule has 1 atom stereocenters. The predicted molar refractivity (Wildman–Crippen MR) is 131 cm³/mol. The number of piperidine rings is 1. The molecule has 162 valence electrons. The Kier molecular flexibility index (Phi) is 6.06. The van der Waals surface area contributed by atoms with Gasteiger partial charge in [-0.25, -0.2) is 0 Å². The number of aliphatic imine (C=N–C) groups is 1. The van der Waals surface area contributed by atoms with E-state index in [9.17, 15) is 4.79 Å². The molecule has 2 aliphatic heterocycles. The lowest BCUT2D eigenvalue weighted by molar-refractivity contribution is -0.115. The van der Waals surface area contributed by atoms with Crippen LogP contribution in [0.2, 0.25) is 5.02 Å². The highest BCUT2D eigenvalue weighted by Gasteiger charge is 2.35. The molecule has 0 aliphatic carbocycles. The van der Waals surface area contributed by atoms with Crippen LogP contribution in [-0.4, -0.2) is 29.6 Å². The molecule has 0 aromatic heterocycles. The normalized spacial score (nSPS) is 19.0. The number of rotatable bonds is 5. The number of likely N-dealkylation sites (tertiary alicyclic amines) is 1. The van der Waals surface area contributed by atoms with Gasteiger partial charge in [-0.3, -0.25) is 14.7 Å². The lowest BCUT2D eigenvalue weighted by Crippen LogP contribution is -2.28. The highest BCUT2D eigenvalue weighted by Crippen LogP contribution is 2.37. The second-order valence-electron chi connectivity index (χ2n) is 8.52. The topological polar surface area (TPSA) is 44.7 Å². The summed E-state index contributed by atoms with van der Waals surface area (Å²) in [7, 11) is 0. The first-order valence-corrected chi connectivity index (χ1v) is 11.6. The fourth-order valence-corrected chi connectivity index (χ4v) is 4.78. The number of amides is 1. The van der Waals surface area contributed by atoms with Crippen LogP contribution < -0.4 is 5.32 Å². The third kappa shape index (κ3) is 4.47. The first kappa shape index (κ1) is 20.9. The molecule has 3 aromatic rings. The van der Waals surface area contributed by atoms with E-state index in [-0.39, 0.29) is 5.91 Å². The smallest absolute Gasteiger partial charge is 0.238 e. The number of nitrogens with zero attached hydrogens (tertiary/aromatic N) is 2. The van der Waals surface area contributed by atoms with Crippen LogP contribution in [0.25, 0.3) is 0 Å². The van der Waals surface area contributed by atoms with Crippen LogP contribution >= 0.6 is 11.6 Å². The first-order valence-electron chi connectivity index (χ1n) is 11.2. The Morgan fingerprint density at radius 2 is 1.72 bits per heavy atom. The number of hydrogen-bond donors (Lipinski definition) is 1. The first-order chi connectivity index (χ1) is 15.7. The van der Waals surface area contributed by atoms with Crippen LogP contribution in [0.3, 0.4) is 0 Å². The fourth-order valence-electron chi connectivity index (χ4n) is 4.60. The fraction of sp³-hybridized carbons (Fsp3) is 0.259. The van der Waals surface area contributed by atoms with Crippen molar-refractivity contribution in [1.82, 2.24) is 4.90 Å². The van der Waals surface area contributed by atoms with Gasteiger partial charge < -0.3 is 5.32 Å². The second-order valence-corrected chi connectivity index (χ2v) is 8.96. The average Bonchev–Trinajstić information content (AvgIpc) is 3.14. The Hall–Kier alpha value is -2.95. The number of fused-ring (bicyclic) bond motifs is 1. The van der Waals surface area contributed by atoms with Crippen LogP contribution in [-0.2, 0) is 11.3 Å². The van der Waals surface area contributed by atoms with Gasteiger partial charge in [0, 0.05) is 17.3 Å². The number of anilines is 1. The van der Waals surface area contributed by atoms with Gasteiger partial charge in [0.15, 0.2) is 0 Å². The maximum Gasteiger partial charge on any atom is 0.238 e. The predicted octanol–water partition coefficient (Wildman–Crippen LogP) is 6.18. The maximum atomic E-state index is 13.0. The number of hydrogen-bond acceptors (Lipinski definition) is 3. The number of halogens is 1. The van der Waals surface area contributed by atoms with E-state index in [1.165, 1.54) is 37.9 Å². The van der Waals surface area contributed by atoms with Gasteiger partial charge in [-0.2, -0.15) is 0 Å². The molecule has 0 spiro atoms. The van der Waals surface area contributed by atoms with Crippen LogP contribution in [0.4, 0.5) is 11.4 Å². The summed E-state index contributed by atoms with van der Waals surface area (Å²) in [4.78, 5) is 20.5. The van der Waals surface area contributed by atoms with E-state index in [1.807, 2.05) is 54.6 Å². The van der Waals surface area contributed by atoms with E-state index in [4.69, 9.17) is 16.6 Å². The molecule has 1 amide bonds. The highest BCUT2D eigenvalue weighted by molar-refractivity contribution is 6.31. The summed E-state index contributed by atoms with van der Waals surface area (Å²) in [5.41, 5.74) is 5.46. The van der Waals surface area contributed by atoms with Gasteiger partial charge in [0.1, 0.15) is 5.92 Å². The van der Waals surface area contributed by atoms with Crippen LogP contribution in [0, 0.1) is 0 Å². The van der Waals surface area contributed by atoms with Gasteiger partial charge in [0.05, 0.1) is 11.4 Å². The van der Waals surface area contributed by atoms with E-state index in [2.05, 4.69) is 22.3 Å². The number of carbonyl (C=O) groups is 1. The summed E-state index contributed by atoms with van der Waals surface area (Å²) >= 11 is 6.26. The Balaban J connectivity index is 1.48. The Bertz CT molecular complexity index is 1140. The van der Waals surface area contributed by atoms with Gasteiger partial charge in [0.2, 0.25) is 5.91 Å². The third-order valence-electron chi connectivity index (χ3n) is 6.23. The quantitative estimate of drug-likeness (QED) is 0.478. The van der Waals surface area contributed by atoms with Gasteiger partial charge in [-0.05, 0) is 73.0 Å². The zero-order chi connectivity index (χ0) is 21.9. The van der Waals surface area contributed by atoms with Crippen LogP contribution in [0.15, 0.2) is 77.8 Å². The van der Waals surface area contributed by atoms with Crippen molar-refractivity contribution < 1.29 is 4.79 Å². The molecule has 0 bridgehead atoms. The molecule has 0 saturated carbocycles. The minimum Gasteiger partial charge on any atom is -0.325 e. The van der Waals surface area contributed by atoms with Crippen molar-refractivity contribution in [3.63, 3.8) is 0 Å². The SMILES string of the molecule is O=C1Nc2ccc(Cl)cc2C1C(=Nc1ccc(CN2CCCCC2)cc1)c1ccccc1. The van der Waals surface area contributed by atoms with Crippen molar-refractivity contribution in [2.45, 2.75) is 31.7 Å². The lowest BCUT2D eigenvalue weighted by Gasteiger charge is -2.26. The van der Waals surface area contributed by atoms with Crippen molar-refractivity contribution in [1.29, 1.82) is 0 Å².